The summed E-state index contributed by atoms with van der Waals surface area (Å²) >= 11 is 0. The van der Waals surface area contributed by atoms with Crippen molar-refractivity contribution in [1.29, 1.82) is 0 Å². The molecule has 1 spiro atoms. The van der Waals surface area contributed by atoms with Gasteiger partial charge in [-0.25, -0.2) is 0 Å². The van der Waals surface area contributed by atoms with Gasteiger partial charge < -0.3 is 9.15 Å². The van der Waals surface area contributed by atoms with Crippen LogP contribution in [-0.2, 0) is 5.41 Å². The molecule has 14 rings (SSSR count). The van der Waals surface area contributed by atoms with E-state index >= 15 is 0 Å². The van der Waals surface area contributed by atoms with Crippen molar-refractivity contribution in [2.24, 2.45) is 0 Å². The maximum Gasteiger partial charge on any atom is 0.135 e. The Kier molecular flexibility index (Phi) is 5.99. The molecular formula is C57H32O2. The topological polar surface area (TPSA) is 22.4 Å². The Morgan fingerprint density at radius 2 is 0.983 bits per heavy atom. The average Bonchev–Trinajstić information content (AvgIpc) is 3.92. The average molecular weight is 749 g/mol. The quantitative estimate of drug-likeness (QED) is 0.176. The molecule has 0 amide bonds. The number of ether oxygens (including phenoxy) is 1. The Bertz CT molecular complexity index is 3610. The molecule has 0 radical (unpaired) electrons. The number of para-hydroxylation sites is 2. The lowest BCUT2D eigenvalue weighted by atomic mass is 9.69. The third-order valence-corrected chi connectivity index (χ3v) is 13.5. The molecule has 0 atom stereocenters. The van der Waals surface area contributed by atoms with Gasteiger partial charge in [0.2, 0.25) is 0 Å². The predicted molar refractivity (Wildman–Crippen MR) is 241 cm³/mol. The van der Waals surface area contributed by atoms with Gasteiger partial charge in [0.15, 0.2) is 0 Å². The normalized spacial score (nSPS) is 13.7. The first-order chi connectivity index (χ1) is 29.3. The van der Waals surface area contributed by atoms with Gasteiger partial charge in [-0.15, -0.1) is 0 Å². The van der Waals surface area contributed by atoms with Crippen molar-refractivity contribution >= 4 is 43.5 Å². The Morgan fingerprint density at radius 1 is 0.322 bits per heavy atom. The van der Waals surface area contributed by atoms with E-state index in [1.807, 2.05) is 12.1 Å². The van der Waals surface area contributed by atoms with Crippen molar-refractivity contribution in [2.75, 3.05) is 0 Å². The van der Waals surface area contributed by atoms with Crippen LogP contribution < -0.4 is 4.74 Å². The van der Waals surface area contributed by atoms with Gasteiger partial charge in [0.05, 0.1) is 5.41 Å². The minimum absolute atomic E-state index is 0.534. The molecular weight excluding hydrogens is 717 g/mol. The minimum Gasteiger partial charge on any atom is -0.456 e. The van der Waals surface area contributed by atoms with Crippen LogP contribution in [0, 0.1) is 0 Å². The van der Waals surface area contributed by atoms with E-state index in [9.17, 15) is 0 Å². The smallest absolute Gasteiger partial charge is 0.135 e. The summed E-state index contributed by atoms with van der Waals surface area (Å²) in [5.41, 5.74) is 18.9. The molecule has 0 saturated carbocycles. The van der Waals surface area contributed by atoms with Crippen LogP contribution in [0.1, 0.15) is 22.3 Å². The summed E-state index contributed by atoms with van der Waals surface area (Å²) in [6, 6.07) is 71.5. The summed E-state index contributed by atoms with van der Waals surface area (Å²) in [6.45, 7) is 0. The highest BCUT2D eigenvalue weighted by atomic mass is 16.5. The number of fused-ring (bicyclic) bond motifs is 16. The fourth-order valence-electron chi connectivity index (χ4n) is 11.1. The van der Waals surface area contributed by atoms with Crippen LogP contribution in [0.15, 0.2) is 199 Å². The Balaban J connectivity index is 1.10. The lowest BCUT2D eigenvalue weighted by Crippen LogP contribution is -2.26. The number of furan rings is 1. The van der Waals surface area contributed by atoms with E-state index in [1.165, 1.54) is 88.5 Å². The van der Waals surface area contributed by atoms with Crippen molar-refractivity contribution in [3.8, 4) is 67.1 Å². The minimum atomic E-state index is -0.534. The van der Waals surface area contributed by atoms with Crippen LogP contribution in [0.5, 0.6) is 11.5 Å². The van der Waals surface area contributed by atoms with E-state index in [4.69, 9.17) is 9.15 Å². The molecule has 272 valence electrons. The maximum atomic E-state index is 6.54. The van der Waals surface area contributed by atoms with Crippen molar-refractivity contribution < 1.29 is 9.15 Å². The molecule has 2 aliphatic carbocycles. The summed E-state index contributed by atoms with van der Waals surface area (Å²) in [5, 5.41) is 7.10. The summed E-state index contributed by atoms with van der Waals surface area (Å²) < 4.78 is 12.9. The largest absolute Gasteiger partial charge is 0.456 e. The molecule has 2 heterocycles. The Hall–Kier alpha value is -7.68. The molecule has 10 aromatic carbocycles. The van der Waals surface area contributed by atoms with Gasteiger partial charge in [-0.05, 0) is 131 Å². The summed E-state index contributed by atoms with van der Waals surface area (Å²) in [5.74, 6) is 1.81. The van der Waals surface area contributed by atoms with Gasteiger partial charge in [0.1, 0.15) is 22.7 Å². The molecule has 0 unspecified atom stereocenters. The zero-order valence-electron chi connectivity index (χ0n) is 31.8. The molecule has 11 aromatic rings. The van der Waals surface area contributed by atoms with Crippen LogP contribution in [0.3, 0.4) is 0 Å². The first-order valence-electron chi connectivity index (χ1n) is 20.4. The highest BCUT2D eigenvalue weighted by Gasteiger charge is 2.52. The second kappa shape index (κ2) is 11.2. The molecule has 0 bridgehead atoms. The van der Waals surface area contributed by atoms with Crippen molar-refractivity contribution in [1.82, 2.24) is 0 Å². The van der Waals surface area contributed by atoms with Crippen LogP contribution in [0.2, 0.25) is 0 Å². The van der Waals surface area contributed by atoms with Gasteiger partial charge in [-0.2, -0.15) is 0 Å². The third kappa shape index (κ3) is 3.96. The zero-order chi connectivity index (χ0) is 38.4. The van der Waals surface area contributed by atoms with Crippen molar-refractivity contribution in [2.45, 2.75) is 5.41 Å². The second-order valence-electron chi connectivity index (χ2n) is 16.2. The Labute approximate surface area is 340 Å². The fraction of sp³-hybridized carbons (Fsp3) is 0.0175. The summed E-state index contributed by atoms with van der Waals surface area (Å²) in [6.07, 6.45) is 0. The Morgan fingerprint density at radius 3 is 1.85 bits per heavy atom. The number of benzene rings is 10. The van der Waals surface area contributed by atoms with E-state index in [2.05, 4.69) is 182 Å². The molecule has 0 N–H and O–H groups in total. The fourth-order valence-corrected chi connectivity index (χ4v) is 11.1. The third-order valence-electron chi connectivity index (χ3n) is 13.5. The molecule has 2 nitrogen and oxygen atoms in total. The van der Waals surface area contributed by atoms with E-state index in [1.54, 1.807) is 0 Å². The summed E-state index contributed by atoms with van der Waals surface area (Å²) in [4.78, 5) is 0. The van der Waals surface area contributed by atoms with E-state index in [0.717, 1.165) is 44.4 Å². The molecule has 0 fully saturated rings. The van der Waals surface area contributed by atoms with Crippen LogP contribution >= 0.6 is 0 Å². The van der Waals surface area contributed by atoms with Crippen LogP contribution in [0.25, 0.3) is 99.1 Å². The first kappa shape index (κ1) is 31.4. The maximum absolute atomic E-state index is 6.54. The highest BCUT2D eigenvalue weighted by Crippen LogP contribution is 2.65. The molecule has 2 heteroatoms. The van der Waals surface area contributed by atoms with E-state index < -0.39 is 5.41 Å². The zero-order valence-corrected chi connectivity index (χ0v) is 31.8. The standard InChI is InChI=1S/C57H32O2/c1-2-13-37-33(12-1)32-49-56(54(37)35-25-28-52-45(30-35)41-17-6-10-23-51(41)58-52)44-26-24-34(31-48(44)57(49)46-20-7-3-14-38(46)39-15-4-8-21-47(39)57)36-27-29-53-55-42(36)18-11-19-43(55)40-16-5-9-22-50(40)59-53/h1-32H. The lowest BCUT2D eigenvalue weighted by molar-refractivity contribution is 0.487. The SMILES string of the molecule is c1ccc2c(c1)Oc1ccc(-c3ccc4c(c3)C3(c5ccccc5-c5ccccc53)c3cc5ccccc5c(-c5ccc6oc7ccccc7c6c5)c3-4)c3cccc-2c13. The monoisotopic (exact) mass is 748 g/mol. The van der Waals surface area contributed by atoms with Gasteiger partial charge in [-0.1, -0.05) is 152 Å². The molecule has 0 saturated heterocycles. The molecule has 1 aromatic heterocycles. The number of hydrogen-bond acceptors (Lipinski definition) is 2. The second-order valence-corrected chi connectivity index (χ2v) is 16.2. The van der Waals surface area contributed by atoms with Crippen LogP contribution in [0.4, 0.5) is 0 Å². The molecule has 3 aliphatic rings. The van der Waals surface area contributed by atoms with Gasteiger partial charge >= 0.3 is 0 Å². The van der Waals surface area contributed by atoms with Crippen molar-refractivity contribution in [3.63, 3.8) is 0 Å². The van der Waals surface area contributed by atoms with Gasteiger partial charge in [-0.3, -0.25) is 0 Å². The van der Waals surface area contributed by atoms with Gasteiger partial charge in [0, 0.05) is 21.7 Å². The number of rotatable bonds is 2. The predicted octanol–water partition coefficient (Wildman–Crippen LogP) is 15.3. The lowest BCUT2D eigenvalue weighted by Gasteiger charge is -2.31. The van der Waals surface area contributed by atoms with Gasteiger partial charge in [0.25, 0.3) is 0 Å². The summed E-state index contributed by atoms with van der Waals surface area (Å²) in [7, 11) is 0. The molecule has 1 aliphatic heterocycles. The highest BCUT2D eigenvalue weighted by molar-refractivity contribution is 6.14. The van der Waals surface area contributed by atoms with E-state index in [0.29, 0.717) is 0 Å². The van der Waals surface area contributed by atoms with Crippen molar-refractivity contribution in [3.05, 3.63) is 216 Å². The van der Waals surface area contributed by atoms with Crippen LogP contribution in [-0.4, -0.2) is 0 Å². The van der Waals surface area contributed by atoms with E-state index in [-0.39, 0.29) is 0 Å². The molecule has 59 heavy (non-hydrogen) atoms. The first-order valence-corrected chi connectivity index (χ1v) is 20.4. The number of hydrogen-bond donors (Lipinski definition) is 0.